The van der Waals surface area contributed by atoms with E-state index in [2.05, 4.69) is 5.43 Å². The third kappa shape index (κ3) is 4.38. The number of nitrogens with two attached hydrogens (primary N) is 1. The highest BCUT2D eigenvalue weighted by atomic mass is 19.1. The van der Waals surface area contributed by atoms with Gasteiger partial charge < -0.3 is 29.6 Å². The van der Waals surface area contributed by atoms with Gasteiger partial charge in [-0.3, -0.25) is 10.6 Å². The number of ether oxygens (including phenoxy) is 1. The highest BCUT2D eigenvalue weighted by Crippen LogP contribution is 2.42. The molecule has 2 aromatic rings. The smallest absolute Gasteiger partial charge is 0.410 e. The third-order valence-electron chi connectivity index (χ3n) is 6.35. The first-order valence-corrected chi connectivity index (χ1v) is 11.4. The maximum absolute atomic E-state index is 16.0. The van der Waals surface area contributed by atoms with Crippen LogP contribution in [0.5, 0.6) is 0 Å². The summed E-state index contributed by atoms with van der Waals surface area (Å²) in [5, 5.41) is 9.03. The molecule has 0 radical (unpaired) electrons. The average molecular weight is 494 g/mol. The monoisotopic (exact) mass is 493 g/mol. The number of anilines is 2. The Labute approximate surface area is 200 Å². The Morgan fingerprint density at radius 3 is 2.43 bits per heavy atom. The van der Waals surface area contributed by atoms with Crippen molar-refractivity contribution < 1.29 is 28.2 Å². The number of aromatic nitrogens is 1. The lowest BCUT2D eigenvalue weighted by Crippen LogP contribution is -2.42. The van der Waals surface area contributed by atoms with E-state index in [9.17, 15) is 19.5 Å². The second-order valence-corrected chi connectivity index (χ2v) is 10.0. The van der Waals surface area contributed by atoms with Gasteiger partial charge in [-0.25, -0.2) is 18.4 Å². The van der Waals surface area contributed by atoms with Gasteiger partial charge in [0.2, 0.25) is 5.43 Å². The van der Waals surface area contributed by atoms with E-state index in [-0.39, 0.29) is 36.4 Å². The fourth-order valence-electron chi connectivity index (χ4n) is 4.48. The first kappa shape index (κ1) is 24.7. The van der Waals surface area contributed by atoms with Crippen molar-refractivity contribution in [2.24, 2.45) is 5.84 Å². The lowest BCUT2D eigenvalue weighted by Gasteiger charge is -2.29. The van der Waals surface area contributed by atoms with E-state index in [1.165, 1.54) is 14.4 Å². The molecule has 1 saturated heterocycles. The van der Waals surface area contributed by atoms with Crippen LogP contribution in [0.4, 0.5) is 25.0 Å². The zero-order chi connectivity index (χ0) is 25.8. The van der Waals surface area contributed by atoms with Gasteiger partial charge in [-0.2, -0.15) is 0 Å². The number of fused-ring (bicyclic) bond motifs is 1. The number of amides is 1. The number of carboxylic acid groups (broad SMARTS) is 1. The van der Waals surface area contributed by atoms with Crippen molar-refractivity contribution in [3.8, 4) is 0 Å². The van der Waals surface area contributed by atoms with Gasteiger partial charge in [0.05, 0.1) is 16.9 Å². The molecule has 1 aromatic carbocycles. The van der Waals surface area contributed by atoms with Gasteiger partial charge in [0.25, 0.3) is 0 Å². The molecule has 2 heterocycles. The fourth-order valence-corrected chi connectivity index (χ4v) is 4.48. The Hall–Kier alpha value is -3.41. The number of likely N-dealkylation sites (N-methyl/N-ethyl adjacent to an activating group) is 1. The number of carbonyl (C=O) groups excluding carboxylic acids is 1. The Morgan fingerprint density at radius 1 is 1.23 bits per heavy atom. The molecule has 2 fully saturated rings. The first-order chi connectivity index (χ1) is 16.4. The van der Waals surface area contributed by atoms with Gasteiger partial charge in [-0.15, -0.1) is 0 Å². The molecule has 35 heavy (non-hydrogen) atoms. The number of hydrogen-bond donors (Lipinski definition) is 3. The average Bonchev–Trinajstić information content (AvgIpc) is 3.50. The third-order valence-corrected chi connectivity index (χ3v) is 6.35. The minimum absolute atomic E-state index is 0.125. The van der Waals surface area contributed by atoms with E-state index in [4.69, 9.17) is 10.6 Å². The number of carbonyl (C=O) groups is 2. The molecule has 2 aliphatic rings. The number of pyridine rings is 1. The lowest BCUT2D eigenvalue weighted by molar-refractivity contribution is 0.0237. The molecule has 12 heteroatoms. The van der Waals surface area contributed by atoms with Crippen molar-refractivity contribution in [3.63, 3.8) is 0 Å². The summed E-state index contributed by atoms with van der Waals surface area (Å²) in [7, 11) is 1.57. The van der Waals surface area contributed by atoms with Crippen LogP contribution in [0.1, 0.15) is 56.4 Å². The molecule has 1 saturated carbocycles. The van der Waals surface area contributed by atoms with Crippen molar-refractivity contribution in [2.45, 2.75) is 57.7 Å². The summed E-state index contributed by atoms with van der Waals surface area (Å²) in [6, 6.07) is -0.576. The number of halogens is 2. The van der Waals surface area contributed by atoms with Crippen molar-refractivity contribution in [1.29, 1.82) is 0 Å². The minimum atomic E-state index is -1.49. The summed E-state index contributed by atoms with van der Waals surface area (Å²) < 4.78 is 38.5. The van der Waals surface area contributed by atoms with Crippen molar-refractivity contribution in [3.05, 3.63) is 33.6 Å². The molecule has 190 valence electrons. The second kappa shape index (κ2) is 8.67. The van der Waals surface area contributed by atoms with E-state index >= 15 is 8.78 Å². The maximum atomic E-state index is 16.0. The van der Waals surface area contributed by atoms with E-state index < -0.39 is 51.4 Å². The number of rotatable bonds is 5. The van der Waals surface area contributed by atoms with Gasteiger partial charge in [-0.1, -0.05) is 0 Å². The zero-order valence-electron chi connectivity index (χ0n) is 20.0. The largest absolute Gasteiger partial charge is 0.477 e. The van der Waals surface area contributed by atoms with E-state index in [0.717, 1.165) is 6.20 Å². The van der Waals surface area contributed by atoms with Gasteiger partial charge in [0, 0.05) is 32.4 Å². The topological polar surface area (TPSA) is 130 Å². The SMILES string of the molecule is CN(C(=O)OC(C)(C)C)[C@H]1CCN(c2c(F)c(NN)c3c(=O)c(C(=O)O)cn(C4CC4)c3c2F)C1. The van der Waals surface area contributed by atoms with Crippen molar-refractivity contribution >= 4 is 34.3 Å². The number of aromatic carboxylic acids is 1. The summed E-state index contributed by atoms with van der Waals surface area (Å²) in [5.74, 6) is 1.98. The molecule has 0 bridgehead atoms. The van der Waals surface area contributed by atoms with E-state index in [1.54, 1.807) is 27.8 Å². The van der Waals surface area contributed by atoms with Gasteiger partial charge in [0.1, 0.15) is 22.5 Å². The van der Waals surface area contributed by atoms with Crippen LogP contribution in [-0.2, 0) is 4.74 Å². The maximum Gasteiger partial charge on any atom is 0.410 e. The number of nitrogen functional groups attached to an aromatic ring is 1. The second-order valence-electron chi connectivity index (χ2n) is 10.0. The molecular formula is C23H29F2N5O5. The van der Waals surface area contributed by atoms with Crippen molar-refractivity contribution in [2.75, 3.05) is 30.5 Å². The molecule has 4 N–H and O–H groups in total. The van der Waals surface area contributed by atoms with Crippen molar-refractivity contribution in [1.82, 2.24) is 9.47 Å². The van der Waals surface area contributed by atoms with Crippen LogP contribution in [-0.4, -0.2) is 58.4 Å². The number of nitrogens with one attached hydrogen (secondary N) is 1. The lowest BCUT2D eigenvalue weighted by atomic mass is 10.1. The fraction of sp³-hybridized carbons (Fsp3) is 0.522. The molecule has 0 spiro atoms. The predicted octanol–water partition coefficient (Wildman–Crippen LogP) is 3.04. The van der Waals surface area contributed by atoms with Crippen LogP contribution in [0.25, 0.3) is 10.9 Å². The number of nitrogens with zero attached hydrogens (tertiary/aromatic N) is 3. The van der Waals surface area contributed by atoms with Crippen LogP contribution in [0.3, 0.4) is 0 Å². The molecule has 1 atom stereocenters. The number of benzene rings is 1. The highest BCUT2D eigenvalue weighted by Gasteiger charge is 2.37. The molecule has 1 amide bonds. The summed E-state index contributed by atoms with van der Waals surface area (Å²) in [4.78, 5) is 39.9. The number of hydrazine groups is 1. The molecule has 1 aliphatic heterocycles. The molecule has 1 aromatic heterocycles. The van der Waals surface area contributed by atoms with Crippen LogP contribution in [0.15, 0.2) is 11.0 Å². The normalized spacial score (nSPS) is 18.1. The Morgan fingerprint density at radius 2 is 1.89 bits per heavy atom. The number of hydrogen-bond acceptors (Lipinski definition) is 7. The molecule has 1 aliphatic carbocycles. The van der Waals surface area contributed by atoms with Crippen LogP contribution in [0.2, 0.25) is 0 Å². The van der Waals surface area contributed by atoms with Gasteiger partial charge >= 0.3 is 12.1 Å². The minimum Gasteiger partial charge on any atom is -0.477 e. The van der Waals surface area contributed by atoms with Crippen LogP contribution < -0.4 is 21.6 Å². The molecule has 10 nitrogen and oxygen atoms in total. The highest BCUT2D eigenvalue weighted by molar-refractivity contribution is 6.00. The molecule has 0 unspecified atom stereocenters. The van der Waals surface area contributed by atoms with E-state index in [0.29, 0.717) is 19.3 Å². The summed E-state index contributed by atoms with van der Waals surface area (Å²) in [6.07, 6.45) is 2.34. The quantitative estimate of drug-likeness (QED) is 0.428. The summed E-state index contributed by atoms with van der Waals surface area (Å²) in [5.41, 5.74) is -1.22. The molecule has 4 rings (SSSR count). The summed E-state index contributed by atoms with van der Waals surface area (Å²) >= 11 is 0. The van der Waals surface area contributed by atoms with Crippen LogP contribution in [0, 0.1) is 11.6 Å². The van der Waals surface area contributed by atoms with E-state index in [1.807, 2.05) is 0 Å². The Kier molecular flexibility index (Phi) is 6.12. The number of carboxylic acids is 1. The predicted molar refractivity (Wildman–Crippen MR) is 126 cm³/mol. The zero-order valence-corrected chi connectivity index (χ0v) is 20.0. The summed E-state index contributed by atoms with van der Waals surface area (Å²) in [6.45, 7) is 5.60. The molecular weight excluding hydrogens is 464 g/mol. The Bertz CT molecular complexity index is 1270. The van der Waals surface area contributed by atoms with Gasteiger partial charge in [0.15, 0.2) is 11.6 Å². The first-order valence-electron chi connectivity index (χ1n) is 11.4. The van der Waals surface area contributed by atoms with Crippen LogP contribution >= 0.6 is 0 Å². The standard InChI is InChI=1S/C23H29F2N5O5/c1-23(2,3)35-22(34)28(4)12-7-8-29(9-12)19-15(24)17(27-26)14-18(16(19)25)30(11-5-6-11)10-13(20(14)31)21(32)33/h10-12,27H,5-9,26H2,1-4H3,(H,32,33)/t12-/m0/s1. The Balaban J connectivity index is 1.81. The van der Waals surface area contributed by atoms with Gasteiger partial charge in [-0.05, 0) is 40.0 Å².